The summed E-state index contributed by atoms with van der Waals surface area (Å²) >= 11 is 0. The van der Waals surface area contributed by atoms with Crippen molar-refractivity contribution in [3.8, 4) is 0 Å². The highest BCUT2D eigenvalue weighted by molar-refractivity contribution is 4.87. The maximum atomic E-state index is 2.60. The molecule has 1 aliphatic carbocycles. The van der Waals surface area contributed by atoms with Crippen LogP contribution in [0.25, 0.3) is 0 Å². The third kappa shape index (κ3) is 1.31. The molecule has 2 fully saturated rings. The van der Waals surface area contributed by atoms with E-state index in [4.69, 9.17) is 0 Å². The Kier molecular flexibility index (Phi) is 1.92. The highest BCUT2D eigenvalue weighted by Gasteiger charge is 2.40. The second-order valence-electron chi connectivity index (χ2n) is 4.63. The van der Waals surface area contributed by atoms with E-state index < -0.39 is 0 Å². The summed E-state index contributed by atoms with van der Waals surface area (Å²) in [5.41, 5.74) is 0.719. The number of nitrogens with two attached hydrogens (primary N) is 1. The third-order valence-corrected chi connectivity index (χ3v) is 3.81. The first-order chi connectivity index (χ1) is 5.31. The maximum absolute atomic E-state index is 2.60. The Morgan fingerprint density at radius 2 is 2.00 bits per heavy atom. The topological polar surface area (TPSA) is 16.6 Å². The van der Waals surface area contributed by atoms with Crippen molar-refractivity contribution in [3.63, 3.8) is 0 Å². The van der Waals surface area contributed by atoms with E-state index in [9.17, 15) is 0 Å². The van der Waals surface area contributed by atoms with Gasteiger partial charge in [0.25, 0.3) is 0 Å². The van der Waals surface area contributed by atoms with Gasteiger partial charge in [0.1, 0.15) is 0 Å². The average Bonchev–Trinajstić information content (AvgIpc) is 2.03. The summed E-state index contributed by atoms with van der Waals surface area (Å²) in [4.78, 5) is 0. The Hall–Kier alpha value is -0.0400. The molecular formula is C10H20N+. The van der Waals surface area contributed by atoms with Gasteiger partial charge in [-0.3, -0.25) is 0 Å². The molecule has 0 aromatic carbocycles. The van der Waals surface area contributed by atoms with Crippen LogP contribution in [0.15, 0.2) is 0 Å². The molecule has 0 spiro atoms. The Balaban J connectivity index is 2.06. The van der Waals surface area contributed by atoms with Crippen molar-refractivity contribution in [3.05, 3.63) is 0 Å². The lowest BCUT2D eigenvalue weighted by molar-refractivity contribution is -0.714. The van der Waals surface area contributed by atoms with Crippen molar-refractivity contribution < 1.29 is 5.32 Å². The molecule has 2 rings (SSSR count). The van der Waals surface area contributed by atoms with Crippen LogP contribution >= 0.6 is 0 Å². The van der Waals surface area contributed by atoms with E-state index in [0.29, 0.717) is 0 Å². The monoisotopic (exact) mass is 154 g/mol. The molecule has 0 radical (unpaired) electrons. The summed E-state index contributed by atoms with van der Waals surface area (Å²) < 4.78 is 0. The molecule has 0 aromatic rings. The van der Waals surface area contributed by atoms with Gasteiger partial charge in [0.2, 0.25) is 0 Å². The van der Waals surface area contributed by atoms with Crippen LogP contribution in [0.3, 0.4) is 0 Å². The molecular weight excluding hydrogens is 134 g/mol. The van der Waals surface area contributed by atoms with E-state index in [1.54, 1.807) is 0 Å². The van der Waals surface area contributed by atoms with Crippen LogP contribution in [0.2, 0.25) is 0 Å². The molecule has 2 aliphatic rings. The molecule has 1 heterocycles. The van der Waals surface area contributed by atoms with Crippen molar-refractivity contribution in [2.75, 3.05) is 6.54 Å². The van der Waals surface area contributed by atoms with Gasteiger partial charge in [0.05, 0.1) is 12.6 Å². The lowest BCUT2D eigenvalue weighted by Crippen LogP contribution is -2.95. The summed E-state index contributed by atoms with van der Waals surface area (Å²) in [6.07, 6.45) is 8.89. The first-order valence-corrected chi connectivity index (χ1v) is 5.15. The van der Waals surface area contributed by atoms with Crippen LogP contribution in [0, 0.1) is 5.41 Å². The lowest BCUT2D eigenvalue weighted by Gasteiger charge is -2.42. The fourth-order valence-electron chi connectivity index (χ4n) is 2.96. The fraction of sp³-hybridized carbons (Fsp3) is 1.00. The zero-order chi connectivity index (χ0) is 7.73. The summed E-state index contributed by atoms with van der Waals surface area (Å²) in [7, 11) is 0. The molecule has 2 atom stereocenters. The first-order valence-electron chi connectivity index (χ1n) is 5.15. The van der Waals surface area contributed by atoms with E-state index in [-0.39, 0.29) is 0 Å². The molecule has 1 saturated carbocycles. The van der Waals surface area contributed by atoms with E-state index in [1.165, 1.54) is 45.1 Å². The minimum Gasteiger partial charge on any atom is -0.343 e. The van der Waals surface area contributed by atoms with Gasteiger partial charge in [0, 0.05) is 5.41 Å². The number of rotatable bonds is 0. The highest BCUT2D eigenvalue weighted by Crippen LogP contribution is 2.39. The van der Waals surface area contributed by atoms with Crippen LogP contribution < -0.4 is 5.32 Å². The molecule has 0 unspecified atom stereocenters. The van der Waals surface area contributed by atoms with E-state index in [2.05, 4.69) is 12.2 Å². The number of quaternary nitrogens is 1. The van der Waals surface area contributed by atoms with E-state index in [0.717, 1.165) is 11.5 Å². The van der Waals surface area contributed by atoms with Gasteiger partial charge >= 0.3 is 0 Å². The van der Waals surface area contributed by atoms with Crippen LogP contribution in [-0.4, -0.2) is 12.6 Å². The molecule has 1 heteroatoms. The Morgan fingerprint density at radius 1 is 1.18 bits per heavy atom. The molecule has 11 heavy (non-hydrogen) atoms. The minimum atomic E-state index is 0.719. The van der Waals surface area contributed by atoms with Gasteiger partial charge in [-0.15, -0.1) is 0 Å². The molecule has 0 amide bonds. The van der Waals surface area contributed by atoms with Crippen molar-refractivity contribution in [2.45, 2.75) is 51.5 Å². The Morgan fingerprint density at radius 3 is 2.82 bits per heavy atom. The molecule has 1 saturated heterocycles. The van der Waals surface area contributed by atoms with Crippen LogP contribution in [0.1, 0.15) is 45.4 Å². The predicted molar refractivity (Wildman–Crippen MR) is 46.4 cm³/mol. The summed E-state index contributed by atoms with van der Waals surface area (Å²) in [5, 5.41) is 2.60. The number of hydrogen-bond donors (Lipinski definition) is 1. The largest absolute Gasteiger partial charge is 0.343 e. The number of fused-ring (bicyclic) bond motifs is 1. The Bertz CT molecular complexity index is 130. The van der Waals surface area contributed by atoms with Crippen LogP contribution in [0.4, 0.5) is 0 Å². The number of hydrogen-bond acceptors (Lipinski definition) is 0. The van der Waals surface area contributed by atoms with Gasteiger partial charge in [-0.25, -0.2) is 0 Å². The van der Waals surface area contributed by atoms with Gasteiger partial charge < -0.3 is 5.32 Å². The minimum absolute atomic E-state index is 0.719. The molecule has 2 N–H and O–H groups in total. The molecule has 1 nitrogen and oxygen atoms in total. The van der Waals surface area contributed by atoms with Crippen molar-refractivity contribution in [2.24, 2.45) is 5.41 Å². The average molecular weight is 154 g/mol. The normalized spacial score (nSPS) is 45.0. The van der Waals surface area contributed by atoms with E-state index in [1.807, 2.05) is 0 Å². The SMILES string of the molecule is C[C@]12CCCC[C@@H]1[NH2+]CCC2. The van der Waals surface area contributed by atoms with Gasteiger partial charge in [-0.2, -0.15) is 0 Å². The van der Waals surface area contributed by atoms with Crippen molar-refractivity contribution >= 4 is 0 Å². The molecule has 0 bridgehead atoms. The van der Waals surface area contributed by atoms with Crippen LogP contribution in [0.5, 0.6) is 0 Å². The lowest BCUT2D eigenvalue weighted by atomic mass is 9.67. The second-order valence-corrected chi connectivity index (χ2v) is 4.63. The summed E-state index contributed by atoms with van der Waals surface area (Å²) in [6.45, 7) is 3.90. The quantitative estimate of drug-likeness (QED) is 0.541. The van der Waals surface area contributed by atoms with Gasteiger partial charge in [-0.1, -0.05) is 13.3 Å². The van der Waals surface area contributed by atoms with E-state index >= 15 is 0 Å². The zero-order valence-corrected chi connectivity index (χ0v) is 7.60. The van der Waals surface area contributed by atoms with Gasteiger partial charge in [0.15, 0.2) is 0 Å². The zero-order valence-electron chi connectivity index (χ0n) is 7.60. The summed E-state index contributed by atoms with van der Waals surface area (Å²) in [5.74, 6) is 0. The standard InChI is InChI=1S/C10H19N/c1-10-6-3-2-5-9(10)11-8-4-7-10/h9,11H,2-8H2,1H3/p+1/t9-,10+/m0/s1. The van der Waals surface area contributed by atoms with Gasteiger partial charge in [-0.05, 0) is 32.1 Å². The third-order valence-electron chi connectivity index (χ3n) is 3.81. The molecule has 0 aromatic heterocycles. The Labute approximate surface area is 69.6 Å². The summed E-state index contributed by atoms with van der Waals surface area (Å²) in [6, 6.07) is 0.977. The fourth-order valence-corrected chi connectivity index (χ4v) is 2.96. The molecule has 1 aliphatic heterocycles. The maximum Gasteiger partial charge on any atom is 0.0913 e. The molecule has 64 valence electrons. The van der Waals surface area contributed by atoms with Crippen LogP contribution in [-0.2, 0) is 0 Å². The second kappa shape index (κ2) is 2.78. The smallest absolute Gasteiger partial charge is 0.0913 e. The first kappa shape index (κ1) is 7.60. The van der Waals surface area contributed by atoms with Crippen molar-refractivity contribution in [1.29, 1.82) is 0 Å². The number of piperidine rings is 1. The van der Waals surface area contributed by atoms with Crippen molar-refractivity contribution in [1.82, 2.24) is 0 Å². The highest BCUT2D eigenvalue weighted by atomic mass is 14.9. The predicted octanol–water partition coefficient (Wildman–Crippen LogP) is 1.29.